The van der Waals surface area contributed by atoms with Crippen molar-refractivity contribution < 1.29 is 14.3 Å². The average molecular weight is 286 g/mol. The van der Waals surface area contributed by atoms with Gasteiger partial charge in [0.1, 0.15) is 5.60 Å². The summed E-state index contributed by atoms with van der Waals surface area (Å²) in [5, 5.41) is 5.64. The van der Waals surface area contributed by atoms with Gasteiger partial charge in [-0.3, -0.25) is 4.79 Å². The summed E-state index contributed by atoms with van der Waals surface area (Å²) >= 11 is 0. The molecular formula is C15H30N2O3. The summed E-state index contributed by atoms with van der Waals surface area (Å²) in [6, 6.07) is 0. The monoisotopic (exact) mass is 286 g/mol. The largest absolute Gasteiger partial charge is 0.444 e. The highest BCUT2D eigenvalue weighted by molar-refractivity contribution is 5.76. The van der Waals surface area contributed by atoms with Crippen molar-refractivity contribution in [3.05, 3.63) is 0 Å². The smallest absolute Gasteiger partial charge is 0.407 e. The molecule has 0 bridgehead atoms. The molecule has 0 saturated carbocycles. The van der Waals surface area contributed by atoms with E-state index in [2.05, 4.69) is 17.6 Å². The Kier molecular flexibility index (Phi) is 7.61. The van der Waals surface area contributed by atoms with E-state index in [0.29, 0.717) is 19.4 Å². The molecule has 0 heterocycles. The van der Waals surface area contributed by atoms with Gasteiger partial charge in [-0.05, 0) is 47.5 Å². The maximum atomic E-state index is 11.8. The predicted octanol–water partition coefficient (Wildman–Crippen LogP) is 2.99. The minimum Gasteiger partial charge on any atom is -0.444 e. The zero-order valence-electron chi connectivity index (χ0n) is 13.8. The molecule has 118 valence electrons. The molecule has 0 radical (unpaired) electrons. The zero-order chi connectivity index (χ0) is 15.8. The van der Waals surface area contributed by atoms with Crippen molar-refractivity contribution in [2.24, 2.45) is 0 Å². The second-order valence-electron chi connectivity index (χ2n) is 6.71. The molecule has 0 spiro atoms. The molecule has 0 aliphatic carbocycles. The lowest BCUT2D eigenvalue weighted by atomic mass is 9.98. The molecule has 0 aromatic carbocycles. The van der Waals surface area contributed by atoms with Crippen molar-refractivity contribution in [2.75, 3.05) is 6.54 Å². The molecule has 2 N–H and O–H groups in total. The van der Waals surface area contributed by atoms with Gasteiger partial charge >= 0.3 is 6.09 Å². The van der Waals surface area contributed by atoms with Crippen molar-refractivity contribution in [1.29, 1.82) is 0 Å². The van der Waals surface area contributed by atoms with Crippen LogP contribution in [0.5, 0.6) is 0 Å². The highest BCUT2D eigenvalue weighted by atomic mass is 16.6. The van der Waals surface area contributed by atoms with Crippen molar-refractivity contribution in [3.63, 3.8) is 0 Å². The fourth-order valence-electron chi connectivity index (χ4n) is 1.88. The molecule has 2 amide bonds. The molecule has 0 rings (SSSR count). The fourth-order valence-corrected chi connectivity index (χ4v) is 1.88. The normalized spacial score (nSPS) is 11.9. The molecule has 0 fully saturated rings. The van der Waals surface area contributed by atoms with Gasteiger partial charge in [0.25, 0.3) is 0 Å². The van der Waals surface area contributed by atoms with Crippen LogP contribution in [0.15, 0.2) is 0 Å². The first-order valence-electron chi connectivity index (χ1n) is 7.33. The van der Waals surface area contributed by atoms with E-state index in [1.807, 2.05) is 34.6 Å². The summed E-state index contributed by atoms with van der Waals surface area (Å²) in [4.78, 5) is 23.1. The van der Waals surface area contributed by atoms with Crippen LogP contribution in [0, 0.1) is 0 Å². The van der Waals surface area contributed by atoms with Crippen LogP contribution in [0.3, 0.4) is 0 Å². The fraction of sp³-hybridized carbons (Fsp3) is 0.867. The lowest BCUT2D eigenvalue weighted by Crippen LogP contribution is -2.43. The van der Waals surface area contributed by atoms with Gasteiger partial charge in [0.05, 0.1) is 0 Å². The number of ether oxygens (including phenoxy) is 1. The van der Waals surface area contributed by atoms with Crippen LogP contribution in [0.2, 0.25) is 0 Å². The number of alkyl carbamates (subject to hydrolysis) is 1. The highest BCUT2D eigenvalue weighted by Crippen LogP contribution is 2.11. The number of amides is 2. The Balaban J connectivity index is 3.80. The molecule has 5 heteroatoms. The molecule has 0 aliphatic heterocycles. The van der Waals surface area contributed by atoms with Crippen LogP contribution in [0.1, 0.15) is 67.2 Å². The Bertz CT molecular complexity index is 320. The summed E-state index contributed by atoms with van der Waals surface area (Å²) in [6.07, 6.45) is 2.56. The molecule has 0 unspecified atom stereocenters. The minimum atomic E-state index is -0.494. The maximum Gasteiger partial charge on any atom is 0.407 e. The second-order valence-corrected chi connectivity index (χ2v) is 6.71. The van der Waals surface area contributed by atoms with Gasteiger partial charge in [-0.15, -0.1) is 0 Å². The molecule has 0 aliphatic rings. The van der Waals surface area contributed by atoms with Gasteiger partial charge in [-0.25, -0.2) is 4.79 Å². The Morgan fingerprint density at radius 3 is 2.20 bits per heavy atom. The Labute approximate surface area is 122 Å². The predicted molar refractivity (Wildman–Crippen MR) is 80.6 cm³/mol. The van der Waals surface area contributed by atoms with Crippen molar-refractivity contribution in [3.8, 4) is 0 Å². The maximum absolute atomic E-state index is 11.8. The number of hydrogen-bond acceptors (Lipinski definition) is 3. The Morgan fingerprint density at radius 2 is 1.70 bits per heavy atom. The first kappa shape index (κ1) is 18.7. The van der Waals surface area contributed by atoms with Crippen molar-refractivity contribution in [1.82, 2.24) is 10.6 Å². The van der Waals surface area contributed by atoms with Gasteiger partial charge in [0, 0.05) is 18.5 Å². The van der Waals surface area contributed by atoms with Crippen LogP contribution in [-0.4, -0.2) is 29.7 Å². The van der Waals surface area contributed by atoms with E-state index in [-0.39, 0.29) is 11.4 Å². The lowest BCUT2D eigenvalue weighted by molar-refractivity contribution is -0.122. The van der Waals surface area contributed by atoms with Gasteiger partial charge in [-0.1, -0.05) is 13.3 Å². The summed E-state index contributed by atoms with van der Waals surface area (Å²) in [5.74, 6) is 0.0226. The number of carbonyl (C=O) groups is 2. The number of hydrogen-bond donors (Lipinski definition) is 2. The molecule has 5 nitrogen and oxygen atoms in total. The summed E-state index contributed by atoms with van der Waals surface area (Å²) in [7, 11) is 0. The Hall–Kier alpha value is -1.26. The lowest BCUT2D eigenvalue weighted by Gasteiger charge is -2.25. The molecular weight excluding hydrogens is 256 g/mol. The van der Waals surface area contributed by atoms with Crippen molar-refractivity contribution in [2.45, 2.75) is 78.4 Å². The van der Waals surface area contributed by atoms with E-state index in [9.17, 15) is 9.59 Å². The summed E-state index contributed by atoms with van der Waals surface area (Å²) < 4.78 is 5.11. The van der Waals surface area contributed by atoms with Gasteiger partial charge in [-0.2, -0.15) is 0 Å². The molecule has 0 aromatic rings. The topological polar surface area (TPSA) is 67.4 Å². The average Bonchev–Trinajstić information content (AvgIpc) is 2.20. The number of rotatable bonds is 7. The van der Waals surface area contributed by atoms with E-state index in [1.54, 1.807) is 0 Å². The van der Waals surface area contributed by atoms with Crippen LogP contribution in [0.25, 0.3) is 0 Å². The minimum absolute atomic E-state index is 0.0226. The van der Waals surface area contributed by atoms with E-state index in [4.69, 9.17) is 4.74 Å². The van der Waals surface area contributed by atoms with Crippen molar-refractivity contribution >= 4 is 12.0 Å². The molecule has 0 atom stereocenters. The first-order chi connectivity index (χ1) is 9.06. The summed E-state index contributed by atoms with van der Waals surface area (Å²) in [5.41, 5.74) is -0.657. The van der Waals surface area contributed by atoms with E-state index < -0.39 is 11.7 Å². The van der Waals surface area contributed by atoms with Crippen LogP contribution < -0.4 is 10.6 Å². The first-order valence-corrected chi connectivity index (χ1v) is 7.33. The third kappa shape index (κ3) is 10.6. The summed E-state index contributed by atoms with van der Waals surface area (Å²) in [6.45, 7) is 12.0. The quantitative estimate of drug-likeness (QED) is 0.707. The molecule has 20 heavy (non-hydrogen) atoms. The van der Waals surface area contributed by atoms with Crippen LogP contribution in [0.4, 0.5) is 4.79 Å². The molecule has 0 aromatic heterocycles. The highest BCUT2D eigenvalue weighted by Gasteiger charge is 2.19. The van der Waals surface area contributed by atoms with Crippen LogP contribution >= 0.6 is 0 Å². The standard InChI is InChI=1S/C15H30N2O3/c1-7-10-15(5,6)17-12(18)9-8-11-16-13(19)20-14(2,3)4/h7-11H2,1-6H3,(H,16,19)(H,17,18). The third-order valence-electron chi connectivity index (χ3n) is 2.60. The second kappa shape index (κ2) is 8.12. The van der Waals surface area contributed by atoms with Crippen LogP contribution in [-0.2, 0) is 9.53 Å². The van der Waals surface area contributed by atoms with Gasteiger partial charge < -0.3 is 15.4 Å². The number of nitrogens with one attached hydrogen (secondary N) is 2. The van der Waals surface area contributed by atoms with E-state index in [0.717, 1.165) is 12.8 Å². The SMILES string of the molecule is CCCC(C)(C)NC(=O)CCCNC(=O)OC(C)(C)C. The third-order valence-corrected chi connectivity index (χ3v) is 2.60. The van der Waals surface area contributed by atoms with Gasteiger partial charge in [0.2, 0.25) is 5.91 Å². The number of carbonyl (C=O) groups excluding carboxylic acids is 2. The van der Waals surface area contributed by atoms with Gasteiger partial charge in [0.15, 0.2) is 0 Å². The zero-order valence-corrected chi connectivity index (χ0v) is 13.8. The van der Waals surface area contributed by atoms with E-state index >= 15 is 0 Å². The van der Waals surface area contributed by atoms with E-state index in [1.165, 1.54) is 0 Å². The molecule has 0 saturated heterocycles. The Morgan fingerprint density at radius 1 is 1.10 bits per heavy atom.